The van der Waals surface area contributed by atoms with E-state index in [1.54, 1.807) is 20.4 Å². The molecule has 6 nitrogen and oxygen atoms in total. The first-order chi connectivity index (χ1) is 12.3. The summed E-state index contributed by atoms with van der Waals surface area (Å²) in [7, 11) is 3.33. The van der Waals surface area contributed by atoms with Gasteiger partial charge in [0, 0.05) is 26.6 Å². The monoisotopic (exact) mass is 341 g/mol. The summed E-state index contributed by atoms with van der Waals surface area (Å²) >= 11 is 0. The largest absolute Gasteiger partial charge is 0.493 e. The predicted octanol–water partition coefficient (Wildman–Crippen LogP) is 2.21. The summed E-state index contributed by atoms with van der Waals surface area (Å²) in [5.74, 6) is 5.38. The van der Waals surface area contributed by atoms with Crippen molar-refractivity contribution in [2.45, 2.75) is 13.0 Å². The van der Waals surface area contributed by atoms with Crippen molar-refractivity contribution in [2.75, 3.05) is 27.3 Å². The molecule has 1 aromatic heterocycles. The van der Waals surface area contributed by atoms with Gasteiger partial charge in [-0.25, -0.2) is 0 Å². The summed E-state index contributed by atoms with van der Waals surface area (Å²) in [6.07, 6.45) is 7.71. The zero-order chi connectivity index (χ0) is 17.9. The maximum absolute atomic E-state index is 5.51. The molecule has 0 spiro atoms. The van der Waals surface area contributed by atoms with E-state index in [1.165, 1.54) is 0 Å². The molecular weight excluding hydrogens is 318 g/mol. The molecular formula is C19H23N3O3. The van der Waals surface area contributed by atoms with E-state index in [1.807, 2.05) is 30.3 Å². The molecule has 0 aliphatic heterocycles. The van der Waals surface area contributed by atoms with Gasteiger partial charge in [0.05, 0.1) is 13.4 Å². The van der Waals surface area contributed by atoms with Crippen LogP contribution in [0.25, 0.3) is 0 Å². The molecule has 0 radical (unpaired) electrons. The Morgan fingerprint density at radius 2 is 2.16 bits per heavy atom. The van der Waals surface area contributed by atoms with Crippen LogP contribution in [0.5, 0.6) is 11.5 Å². The second-order valence-corrected chi connectivity index (χ2v) is 5.16. The minimum Gasteiger partial charge on any atom is -0.493 e. The molecule has 25 heavy (non-hydrogen) atoms. The molecule has 1 aromatic carbocycles. The molecule has 0 atom stereocenters. The molecule has 0 bridgehead atoms. The highest BCUT2D eigenvalue weighted by molar-refractivity contribution is 5.79. The van der Waals surface area contributed by atoms with E-state index in [0.29, 0.717) is 24.0 Å². The average molecular weight is 341 g/mol. The Labute approximate surface area is 148 Å². The molecule has 0 aliphatic rings. The molecule has 0 unspecified atom stereocenters. The molecule has 2 N–H and O–H groups in total. The van der Waals surface area contributed by atoms with Gasteiger partial charge in [-0.15, -0.1) is 6.42 Å². The Bertz CT molecular complexity index is 718. The van der Waals surface area contributed by atoms with Crippen LogP contribution in [-0.2, 0) is 13.0 Å². The fraction of sp³-hybridized carbons (Fsp3) is 0.316. The van der Waals surface area contributed by atoms with Crippen LogP contribution < -0.4 is 20.1 Å². The second-order valence-electron chi connectivity index (χ2n) is 5.16. The lowest BCUT2D eigenvalue weighted by atomic mass is 10.2. The summed E-state index contributed by atoms with van der Waals surface area (Å²) in [6, 6.07) is 9.55. The zero-order valence-electron chi connectivity index (χ0n) is 14.5. The van der Waals surface area contributed by atoms with Crippen molar-refractivity contribution in [3.05, 3.63) is 47.9 Å². The van der Waals surface area contributed by atoms with Crippen LogP contribution in [0.15, 0.2) is 46.0 Å². The van der Waals surface area contributed by atoms with Crippen LogP contribution in [-0.4, -0.2) is 33.3 Å². The molecule has 2 rings (SSSR count). The number of methoxy groups -OCH3 is 1. The molecule has 0 saturated heterocycles. The van der Waals surface area contributed by atoms with Crippen LogP contribution in [0.4, 0.5) is 0 Å². The van der Waals surface area contributed by atoms with Gasteiger partial charge in [-0.2, -0.15) is 0 Å². The topological polar surface area (TPSA) is 68.0 Å². The van der Waals surface area contributed by atoms with Crippen molar-refractivity contribution in [1.29, 1.82) is 0 Å². The SMILES string of the molecule is C#CCOc1cc(CNC(=NC)NCCc2ccco2)ccc1OC. The first kappa shape index (κ1) is 18.3. The summed E-state index contributed by atoms with van der Waals surface area (Å²) in [5.41, 5.74) is 1.03. The van der Waals surface area contributed by atoms with Gasteiger partial charge in [0.15, 0.2) is 17.5 Å². The van der Waals surface area contributed by atoms with Crippen LogP contribution >= 0.6 is 0 Å². The minimum absolute atomic E-state index is 0.198. The Morgan fingerprint density at radius 1 is 1.28 bits per heavy atom. The third-order valence-corrected chi connectivity index (χ3v) is 3.47. The van der Waals surface area contributed by atoms with Crippen molar-refractivity contribution in [1.82, 2.24) is 10.6 Å². The lowest BCUT2D eigenvalue weighted by Crippen LogP contribution is -2.37. The van der Waals surface area contributed by atoms with Gasteiger partial charge in [0.25, 0.3) is 0 Å². The number of benzene rings is 1. The van der Waals surface area contributed by atoms with Crippen LogP contribution in [0.3, 0.4) is 0 Å². The first-order valence-corrected chi connectivity index (χ1v) is 7.97. The van der Waals surface area contributed by atoms with Crippen molar-refractivity contribution in [3.63, 3.8) is 0 Å². The molecule has 132 valence electrons. The van der Waals surface area contributed by atoms with E-state index in [-0.39, 0.29) is 6.61 Å². The van der Waals surface area contributed by atoms with Crippen molar-refractivity contribution in [3.8, 4) is 23.8 Å². The fourth-order valence-electron chi connectivity index (χ4n) is 2.23. The number of furan rings is 1. The van der Waals surface area contributed by atoms with Gasteiger partial charge in [-0.05, 0) is 29.8 Å². The van der Waals surface area contributed by atoms with Gasteiger partial charge >= 0.3 is 0 Å². The molecule has 0 saturated carbocycles. The van der Waals surface area contributed by atoms with E-state index in [2.05, 4.69) is 21.5 Å². The Balaban J connectivity index is 1.86. The number of rotatable bonds is 8. The normalized spacial score (nSPS) is 10.8. The highest BCUT2D eigenvalue weighted by Gasteiger charge is 2.06. The zero-order valence-corrected chi connectivity index (χ0v) is 14.5. The first-order valence-electron chi connectivity index (χ1n) is 7.97. The number of hydrogen-bond donors (Lipinski definition) is 2. The smallest absolute Gasteiger partial charge is 0.191 e. The van der Waals surface area contributed by atoms with Crippen molar-refractivity contribution >= 4 is 5.96 Å². The molecule has 0 fully saturated rings. The fourth-order valence-corrected chi connectivity index (χ4v) is 2.23. The highest BCUT2D eigenvalue weighted by atomic mass is 16.5. The molecule has 0 amide bonds. The number of terminal acetylenes is 1. The predicted molar refractivity (Wildman–Crippen MR) is 97.9 cm³/mol. The van der Waals surface area contributed by atoms with Gasteiger partial charge < -0.3 is 24.5 Å². The number of hydrogen-bond acceptors (Lipinski definition) is 4. The summed E-state index contributed by atoms with van der Waals surface area (Å²) in [4.78, 5) is 4.21. The number of guanidine groups is 1. The number of ether oxygens (including phenoxy) is 2. The van der Waals surface area contributed by atoms with Crippen molar-refractivity contribution < 1.29 is 13.9 Å². The van der Waals surface area contributed by atoms with Crippen LogP contribution in [0, 0.1) is 12.3 Å². The van der Waals surface area contributed by atoms with E-state index in [4.69, 9.17) is 20.3 Å². The Hall–Kier alpha value is -3.07. The second kappa shape index (κ2) is 9.93. The van der Waals surface area contributed by atoms with E-state index >= 15 is 0 Å². The van der Waals surface area contributed by atoms with Crippen molar-refractivity contribution in [2.24, 2.45) is 4.99 Å². The maximum Gasteiger partial charge on any atom is 0.191 e. The lowest BCUT2D eigenvalue weighted by molar-refractivity contribution is 0.330. The lowest BCUT2D eigenvalue weighted by Gasteiger charge is -2.13. The van der Waals surface area contributed by atoms with Gasteiger partial charge in [-0.1, -0.05) is 12.0 Å². The summed E-state index contributed by atoms with van der Waals surface area (Å²) in [5, 5.41) is 6.50. The average Bonchev–Trinajstić information content (AvgIpc) is 3.16. The summed E-state index contributed by atoms with van der Waals surface area (Å²) < 4.78 is 16.1. The standard InChI is InChI=1S/C19H23N3O3/c1-4-11-25-18-13-15(7-8-17(18)23-3)14-22-19(20-2)21-10-9-16-6-5-12-24-16/h1,5-8,12-13H,9-11,14H2,2-3H3,(H2,20,21,22). The van der Waals surface area contributed by atoms with E-state index in [9.17, 15) is 0 Å². The minimum atomic E-state index is 0.198. The third-order valence-electron chi connectivity index (χ3n) is 3.47. The van der Waals surface area contributed by atoms with Crippen LogP contribution in [0.1, 0.15) is 11.3 Å². The molecule has 0 aliphatic carbocycles. The number of aliphatic imine (C=N–C) groups is 1. The van der Waals surface area contributed by atoms with E-state index in [0.717, 1.165) is 24.3 Å². The summed E-state index contributed by atoms with van der Waals surface area (Å²) in [6.45, 7) is 1.52. The maximum atomic E-state index is 5.51. The third kappa shape index (κ3) is 5.81. The number of nitrogens with zero attached hydrogens (tertiary/aromatic N) is 1. The highest BCUT2D eigenvalue weighted by Crippen LogP contribution is 2.27. The Kier molecular flexibility index (Phi) is 7.26. The molecule has 6 heteroatoms. The van der Waals surface area contributed by atoms with Crippen LogP contribution in [0.2, 0.25) is 0 Å². The quantitative estimate of drug-likeness (QED) is 0.438. The Morgan fingerprint density at radius 3 is 2.84 bits per heavy atom. The van der Waals surface area contributed by atoms with E-state index < -0.39 is 0 Å². The van der Waals surface area contributed by atoms with Gasteiger partial charge in [0.2, 0.25) is 0 Å². The number of nitrogens with one attached hydrogen (secondary N) is 2. The molecule has 2 aromatic rings. The molecule has 1 heterocycles. The van der Waals surface area contributed by atoms with Gasteiger partial charge in [-0.3, -0.25) is 4.99 Å². The van der Waals surface area contributed by atoms with Gasteiger partial charge in [0.1, 0.15) is 12.4 Å².